The molecule has 0 aliphatic rings. The first kappa shape index (κ1) is 19.1. The minimum absolute atomic E-state index is 0. The molecule has 2 aromatic rings. The standard InChI is InChI=1S/C16H22N4O2.ClH/c1-10(2)15(21)18-13-7-5-12(6-8-13)16-19-14(20-22-16)9-11(3)17-4;/h5-8,10-11,17H,9H2,1-4H3,(H,18,21);1H. The zero-order valence-electron chi connectivity index (χ0n) is 13.8. The van der Waals surface area contributed by atoms with Crippen LogP contribution in [0.4, 0.5) is 5.69 Å². The molecule has 0 bridgehead atoms. The number of aromatic nitrogens is 2. The first-order valence-electron chi connectivity index (χ1n) is 7.40. The smallest absolute Gasteiger partial charge is 0.257 e. The van der Waals surface area contributed by atoms with Crippen molar-refractivity contribution >= 4 is 24.0 Å². The zero-order valence-corrected chi connectivity index (χ0v) is 14.6. The van der Waals surface area contributed by atoms with Crippen molar-refractivity contribution < 1.29 is 9.32 Å². The van der Waals surface area contributed by atoms with Gasteiger partial charge in [0.1, 0.15) is 0 Å². The van der Waals surface area contributed by atoms with Gasteiger partial charge < -0.3 is 15.2 Å². The number of amides is 1. The van der Waals surface area contributed by atoms with Crippen molar-refractivity contribution in [3.63, 3.8) is 0 Å². The summed E-state index contributed by atoms with van der Waals surface area (Å²) in [7, 11) is 1.90. The minimum Gasteiger partial charge on any atom is -0.334 e. The summed E-state index contributed by atoms with van der Waals surface area (Å²) in [5, 5.41) is 9.96. The second-order valence-corrected chi connectivity index (χ2v) is 5.63. The summed E-state index contributed by atoms with van der Waals surface area (Å²) in [4.78, 5) is 16.0. The molecular weight excluding hydrogens is 316 g/mol. The molecule has 0 aliphatic heterocycles. The van der Waals surface area contributed by atoms with Gasteiger partial charge in [-0.25, -0.2) is 0 Å². The lowest BCUT2D eigenvalue weighted by Crippen LogP contribution is -2.24. The number of benzene rings is 1. The van der Waals surface area contributed by atoms with E-state index >= 15 is 0 Å². The van der Waals surface area contributed by atoms with Crippen LogP contribution in [-0.2, 0) is 11.2 Å². The Morgan fingerprint density at radius 3 is 2.43 bits per heavy atom. The fraction of sp³-hybridized carbons (Fsp3) is 0.438. The number of hydrogen-bond acceptors (Lipinski definition) is 5. The molecule has 0 aliphatic carbocycles. The van der Waals surface area contributed by atoms with Crippen molar-refractivity contribution in [2.24, 2.45) is 5.92 Å². The number of nitrogens with one attached hydrogen (secondary N) is 2. The molecule has 0 saturated heterocycles. The molecule has 0 fully saturated rings. The summed E-state index contributed by atoms with van der Waals surface area (Å²) < 4.78 is 5.28. The van der Waals surface area contributed by atoms with Crippen LogP contribution in [-0.4, -0.2) is 29.1 Å². The van der Waals surface area contributed by atoms with Crippen LogP contribution in [0.1, 0.15) is 26.6 Å². The van der Waals surface area contributed by atoms with E-state index in [1.807, 2.05) is 45.2 Å². The Kier molecular flexibility index (Phi) is 7.19. The molecule has 1 heterocycles. The van der Waals surface area contributed by atoms with E-state index in [4.69, 9.17) is 4.52 Å². The Bertz CT molecular complexity index is 625. The highest BCUT2D eigenvalue weighted by molar-refractivity contribution is 5.92. The van der Waals surface area contributed by atoms with Gasteiger partial charge in [-0.2, -0.15) is 4.98 Å². The lowest BCUT2D eigenvalue weighted by Gasteiger charge is -2.07. The van der Waals surface area contributed by atoms with E-state index in [1.54, 1.807) is 0 Å². The molecule has 2 N–H and O–H groups in total. The number of likely N-dealkylation sites (N-methyl/N-ethyl adjacent to an activating group) is 1. The Morgan fingerprint density at radius 2 is 1.87 bits per heavy atom. The largest absolute Gasteiger partial charge is 0.334 e. The van der Waals surface area contributed by atoms with Gasteiger partial charge in [-0.15, -0.1) is 12.4 Å². The first-order valence-corrected chi connectivity index (χ1v) is 7.40. The second-order valence-electron chi connectivity index (χ2n) is 5.63. The quantitative estimate of drug-likeness (QED) is 0.846. The van der Waals surface area contributed by atoms with Crippen LogP contribution < -0.4 is 10.6 Å². The molecule has 1 unspecified atom stereocenters. The van der Waals surface area contributed by atoms with Crippen LogP contribution in [0.15, 0.2) is 28.8 Å². The highest BCUT2D eigenvalue weighted by Gasteiger charge is 2.12. The van der Waals surface area contributed by atoms with E-state index in [0.717, 1.165) is 11.3 Å². The number of nitrogens with zero attached hydrogens (tertiary/aromatic N) is 2. The van der Waals surface area contributed by atoms with Gasteiger partial charge in [-0.05, 0) is 38.2 Å². The molecule has 0 radical (unpaired) electrons. The van der Waals surface area contributed by atoms with E-state index in [-0.39, 0.29) is 24.2 Å². The molecule has 1 amide bonds. The Balaban J connectivity index is 0.00000264. The van der Waals surface area contributed by atoms with Crippen LogP contribution in [0.25, 0.3) is 11.5 Å². The van der Waals surface area contributed by atoms with E-state index in [9.17, 15) is 4.79 Å². The van der Waals surface area contributed by atoms with Gasteiger partial charge in [0, 0.05) is 29.6 Å². The van der Waals surface area contributed by atoms with E-state index in [1.165, 1.54) is 0 Å². The van der Waals surface area contributed by atoms with Crippen LogP contribution in [0.2, 0.25) is 0 Å². The van der Waals surface area contributed by atoms with Crippen LogP contribution >= 0.6 is 12.4 Å². The van der Waals surface area contributed by atoms with Crippen molar-refractivity contribution in [1.29, 1.82) is 0 Å². The third-order valence-electron chi connectivity index (χ3n) is 3.37. The first-order chi connectivity index (χ1) is 10.5. The van der Waals surface area contributed by atoms with E-state index in [0.29, 0.717) is 24.2 Å². The number of halogens is 1. The number of carbonyl (C=O) groups excluding carboxylic acids is 1. The molecule has 1 atom stereocenters. The summed E-state index contributed by atoms with van der Waals surface area (Å²) >= 11 is 0. The van der Waals surface area contributed by atoms with Crippen molar-refractivity contribution in [3.05, 3.63) is 30.1 Å². The fourth-order valence-corrected chi connectivity index (χ4v) is 1.81. The summed E-state index contributed by atoms with van der Waals surface area (Å²) in [6.45, 7) is 5.77. The predicted octanol–water partition coefficient (Wildman–Crippen LogP) is 2.90. The average molecular weight is 339 g/mol. The summed E-state index contributed by atoms with van der Waals surface area (Å²) in [6, 6.07) is 7.66. The minimum atomic E-state index is -0.0488. The van der Waals surface area contributed by atoms with Gasteiger partial charge in [0.2, 0.25) is 5.91 Å². The highest BCUT2D eigenvalue weighted by atomic mass is 35.5. The normalized spacial score (nSPS) is 11.9. The van der Waals surface area contributed by atoms with Crippen molar-refractivity contribution in [2.45, 2.75) is 33.2 Å². The zero-order chi connectivity index (χ0) is 16.1. The molecule has 1 aromatic carbocycles. The van der Waals surface area contributed by atoms with Gasteiger partial charge in [-0.3, -0.25) is 4.79 Å². The monoisotopic (exact) mass is 338 g/mol. The summed E-state index contributed by atoms with van der Waals surface area (Å²) in [6.07, 6.45) is 0.711. The van der Waals surface area contributed by atoms with Crippen molar-refractivity contribution in [3.8, 4) is 11.5 Å². The maximum atomic E-state index is 11.6. The average Bonchev–Trinajstić information content (AvgIpc) is 2.96. The molecule has 2 rings (SSSR count). The van der Waals surface area contributed by atoms with Crippen LogP contribution in [0.5, 0.6) is 0 Å². The number of anilines is 1. The summed E-state index contributed by atoms with van der Waals surface area (Å²) in [5.74, 6) is 1.11. The van der Waals surface area contributed by atoms with Gasteiger partial charge in [0.25, 0.3) is 5.89 Å². The molecule has 7 heteroatoms. The summed E-state index contributed by atoms with van der Waals surface area (Å²) in [5.41, 5.74) is 1.59. The Morgan fingerprint density at radius 1 is 1.22 bits per heavy atom. The molecule has 6 nitrogen and oxygen atoms in total. The maximum absolute atomic E-state index is 11.6. The Hall–Kier alpha value is -1.92. The topological polar surface area (TPSA) is 80.0 Å². The van der Waals surface area contributed by atoms with Gasteiger partial charge >= 0.3 is 0 Å². The highest BCUT2D eigenvalue weighted by Crippen LogP contribution is 2.20. The number of rotatable bonds is 6. The SMILES string of the molecule is CNC(C)Cc1noc(-c2ccc(NC(=O)C(C)C)cc2)n1.Cl. The maximum Gasteiger partial charge on any atom is 0.257 e. The lowest BCUT2D eigenvalue weighted by atomic mass is 10.1. The van der Waals surface area contributed by atoms with Crippen LogP contribution in [0.3, 0.4) is 0 Å². The van der Waals surface area contributed by atoms with Gasteiger partial charge in [0.15, 0.2) is 5.82 Å². The van der Waals surface area contributed by atoms with Gasteiger partial charge in [-0.1, -0.05) is 19.0 Å². The fourth-order valence-electron chi connectivity index (χ4n) is 1.81. The third-order valence-corrected chi connectivity index (χ3v) is 3.37. The van der Waals surface area contributed by atoms with Crippen molar-refractivity contribution in [2.75, 3.05) is 12.4 Å². The molecular formula is C16H23ClN4O2. The molecule has 23 heavy (non-hydrogen) atoms. The third kappa shape index (κ3) is 5.33. The Labute approximate surface area is 142 Å². The van der Waals surface area contributed by atoms with E-state index in [2.05, 4.69) is 27.7 Å². The predicted molar refractivity (Wildman–Crippen MR) is 92.7 cm³/mol. The van der Waals surface area contributed by atoms with E-state index < -0.39 is 0 Å². The van der Waals surface area contributed by atoms with Gasteiger partial charge in [0.05, 0.1) is 0 Å². The lowest BCUT2D eigenvalue weighted by molar-refractivity contribution is -0.118. The van der Waals surface area contributed by atoms with Crippen LogP contribution in [0, 0.1) is 5.92 Å². The number of carbonyl (C=O) groups is 1. The van der Waals surface area contributed by atoms with Crippen molar-refractivity contribution in [1.82, 2.24) is 15.5 Å². The molecule has 0 saturated carbocycles. The molecule has 0 spiro atoms. The molecule has 1 aromatic heterocycles. The second kappa shape index (κ2) is 8.64. The molecule has 126 valence electrons. The number of hydrogen-bond donors (Lipinski definition) is 2.